The van der Waals surface area contributed by atoms with Crippen molar-refractivity contribution < 1.29 is 16.8 Å². The standard InChI is InChI=1S/C26H37N7O4S2/c1-31(39(3,36)37)30-20-9-7-19(8-10-20)28-26-27-15-11-25(29-26)33-18-14-22-23(5-4-6-24(22)33)32-16-12-21(13-17-32)38(2,34)35/h4-6,11,14-15,18-21,30H,7-10,12-13,16-17H2,1-3H3,(H,27,28,29). The fourth-order valence-electron chi connectivity index (χ4n) is 5.61. The summed E-state index contributed by atoms with van der Waals surface area (Å²) in [5, 5.41) is 4.31. The minimum absolute atomic E-state index is 0.118. The monoisotopic (exact) mass is 575 g/mol. The predicted molar refractivity (Wildman–Crippen MR) is 154 cm³/mol. The highest BCUT2D eigenvalue weighted by Crippen LogP contribution is 2.32. The highest BCUT2D eigenvalue weighted by Gasteiger charge is 2.28. The van der Waals surface area contributed by atoms with Crippen LogP contribution in [0.3, 0.4) is 0 Å². The Labute approximate surface area is 230 Å². The number of hydrazine groups is 1. The van der Waals surface area contributed by atoms with Crippen molar-refractivity contribution >= 4 is 42.4 Å². The number of benzene rings is 1. The van der Waals surface area contributed by atoms with E-state index < -0.39 is 19.9 Å². The number of aromatic nitrogens is 3. The summed E-state index contributed by atoms with van der Waals surface area (Å²) in [6.07, 6.45) is 11.0. The SMILES string of the molecule is CN(NC1CCC(Nc2nccc(-n3ccc4c(N5CCC(S(C)(=O)=O)CC5)cccc43)n2)CC1)S(C)(=O)=O. The molecule has 0 atom stereocenters. The van der Waals surface area contributed by atoms with Gasteiger partial charge in [-0.15, -0.1) is 4.41 Å². The van der Waals surface area contributed by atoms with Gasteiger partial charge in [0.25, 0.3) is 0 Å². The van der Waals surface area contributed by atoms with Crippen LogP contribution in [0.15, 0.2) is 42.7 Å². The van der Waals surface area contributed by atoms with Crippen LogP contribution in [-0.4, -0.2) is 85.8 Å². The minimum atomic E-state index is -3.26. The lowest BCUT2D eigenvalue weighted by Gasteiger charge is -2.33. The molecule has 0 amide bonds. The van der Waals surface area contributed by atoms with E-state index in [1.165, 1.54) is 24.0 Å². The molecule has 212 valence electrons. The Morgan fingerprint density at radius 1 is 0.923 bits per heavy atom. The molecule has 39 heavy (non-hydrogen) atoms. The van der Waals surface area contributed by atoms with Gasteiger partial charge in [0.15, 0.2) is 0 Å². The van der Waals surface area contributed by atoms with Gasteiger partial charge in [-0.1, -0.05) is 6.07 Å². The van der Waals surface area contributed by atoms with Gasteiger partial charge < -0.3 is 14.8 Å². The summed E-state index contributed by atoms with van der Waals surface area (Å²) in [4.78, 5) is 11.5. The van der Waals surface area contributed by atoms with Gasteiger partial charge in [-0.2, -0.15) is 4.98 Å². The number of hydrogen-bond acceptors (Lipinski definition) is 9. The van der Waals surface area contributed by atoms with Crippen molar-refractivity contribution in [2.75, 3.05) is 42.9 Å². The molecule has 0 unspecified atom stereocenters. The molecule has 0 radical (unpaired) electrons. The molecule has 11 nitrogen and oxygen atoms in total. The van der Waals surface area contributed by atoms with E-state index in [1.807, 2.05) is 18.3 Å². The van der Waals surface area contributed by atoms with Gasteiger partial charge in [0.1, 0.15) is 15.7 Å². The van der Waals surface area contributed by atoms with E-state index in [-0.39, 0.29) is 17.3 Å². The number of rotatable bonds is 8. The molecular weight excluding hydrogens is 538 g/mol. The fraction of sp³-hybridized carbons (Fsp3) is 0.538. The van der Waals surface area contributed by atoms with E-state index in [2.05, 4.69) is 43.4 Å². The number of anilines is 2. The second-order valence-corrected chi connectivity index (χ2v) is 15.0. The zero-order chi connectivity index (χ0) is 27.8. The number of nitrogens with zero attached hydrogens (tertiary/aromatic N) is 5. The number of sulfone groups is 1. The first kappa shape index (κ1) is 27.8. The summed E-state index contributed by atoms with van der Waals surface area (Å²) >= 11 is 0. The fourth-order valence-corrected chi connectivity index (χ4v) is 7.01. The van der Waals surface area contributed by atoms with E-state index >= 15 is 0 Å². The zero-order valence-electron chi connectivity index (χ0n) is 22.6. The van der Waals surface area contributed by atoms with E-state index in [9.17, 15) is 16.8 Å². The van der Waals surface area contributed by atoms with Crippen molar-refractivity contribution in [1.29, 1.82) is 0 Å². The number of piperidine rings is 1. The van der Waals surface area contributed by atoms with E-state index in [4.69, 9.17) is 4.98 Å². The molecule has 2 aromatic heterocycles. The molecule has 2 aliphatic rings. The summed E-state index contributed by atoms with van der Waals surface area (Å²) in [7, 11) is -4.74. The van der Waals surface area contributed by atoms with Crippen molar-refractivity contribution in [3.63, 3.8) is 0 Å². The third-order valence-corrected chi connectivity index (χ3v) is 10.7. The van der Waals surface area contributed by atoms with Crippen molar-refractivity contribution in [2.24, 2.45) is 0 Å². The number of fused-ring (bicyclic) bond motifs is 1. The third-order valence-electron chi connectivity index (χ3n) is 7.91. The minimum Gasteiger partial charge on any atom is -0.371 e. The maximum absolute atomic E-state index is 12.0. The second-order valence-electron chi connectivity index (χ2n) is 10.7. The second kappa shape index (κ2) is 11.0. The normalized spacial score (nSPS) is 21.5. The lowest BCUT2D eigenvalue weighted by atomic mass is 9.92. The van der Waals surface area contributed by atoms with Crippen LogP contribution in [0.2, 0.25) is 0 Å². The quantitative estimate of drug-likeness (QED) is 0.389. The average Bonchev–Trinajstić information content (AvgIpc) is 3.33. The smallest absolute Gasteiger partial charge is 0.224 e. The maximum Gasteiger partial charge on any atom is 0.224 e. The molecule has 1 aliphatic heterocycles. The Bertz CT molecular complexity index is 1520. The molecule has 1 saturated heterocycles. The van der Waals surface area contributed by atoms with Crippen LogP contribution in [0, 0.1) is 0 Å². The Hall–Kier alpha value is -2.74. The summed E-state index contributed by atoms with van der Waals surface area (Å²) in [6.45, 7) is 1.43. The van der Waals surface area contributed by atoms with Crippen LogP contribution in [0.25, 0.3) is 16.7 Å². The Kier molecular flexibility index (Phi) is 7.86. The summed E-state index contributed by atoms with van der Waals surface area (Å²) in [6, 6.07) is 10.5. The highest BCUT2D eigenvalue weighted by molar-refractivity contribution is 7.91. The molecule has 0 bridgehead atoms. The largest absolute Gasteiger partial charge is 0.371 e. The Morgan fingerprint density at radius 3 is 2.28 bits per heavy atom. The van der Waals surface area contributed by atoms with Crippen LogP contribution in [0.5, 0.6) is 0 Å². The summed E-state index contributed by atoms with van der Waals surface area (Å²) in [5.74, 6) is 1.33. The third kappa shape index (κ3) is 6.37. The Morgan fingerprint density at radius 2 is 1.62 bits per heavy atom. The van der Waals surface area contributed by atoms with Gasteiger partial charge in [0.05, 0.1) is 17.0 Å². The maximum atomic E-state index is 12.0. The van der Waals surface area contributed by atoms with Crippen molar-refractivity contribution in [3.05, 3.63) is 42.7 Å². The molecular formula is C26H37N7O4S2. The van der Waals surface area contributed by atoms with Gasteiger partial charge in [0, 0.05) is 61.9 Å². The molecule has 1 aliphatic carbocycles. The van der Waals surface area contributed by atoms with E-state index in [0.717, 1.165) is 48.1 Å². The van der Waals surface area contributed by atoms with Crippen LogP contribution in [-0.2, 0) is 19.9 Å². The van der Waals surface area contributed by atoms with Crippen LogP contribution >= 0.6 is 0 Å². The molecule has 5 rings (SSSR count). The van der Waals surface area contributed by atoms with Gasteiger partial charge in [0.2, 0.25) is 16.0 Å². The molecule has 3 heterocycles. The van der Waals surface area contributed by atoms with Crippen LogP contribution in [0.4, 0.5) is 11.6 Å². The van der Waals surface area contributed by atoms with Crippen LogP contribution in [0.1, 0.15) is 38.5 Å². The van der Waals surface area contributed by atoms with Gasteiger partial charge in [-0.05, 0) is 62.8 Å². The molecule has 13 heteroatoms. The van der Waals surface area contributed by atoms with E-state index in [0.29, 0.717) is 31.9 Å². The Balaban J connectivity index is 1.26. The summed E-state index contributed by atoms with van der Waals surface area (Å²) < 4.78 is 50.6. The number of sulfonamides is 1. The molecule has 1 saturated carbocycles. The van der Waals surface area contributed by atoms with Gasteiger partial charge in [-0.3, -0.25) is 0 Å². The lowest BCUT2D eigenvalue weighted by Crippen LogP contribution is -2.47. The molecule has 3 aromatic rings. The highest BCUT2D eigenvalue weighted by atomic mass is 32.2. The first-order chi connectivity index (χ1) is 18.5. The zero-order valence-corrected chi connectivity index (χ0v) is 24.2. The first-order valence-corrected chi connectivity index (χ1v) is 17.1. The van der Waals surface area contributed by atoms with Crippen molar-refractivity contribution in [3.8, 4) is 5.82 Å². The van der Waals surface area contributed by atoms with Crippen molar-refractivity contribution in [1.82, 2.24) is 24.4 Å². The van der Waals surface area contributed by atoms with Crippen molar-refractivity contribution in [2.45, 2.75) is 55.9 Å². The topological polar surface area (TPSA) is 130 Å². The summed E-state index contributed by atoms with van der Waals surface area (Å²) in [5.41, 5.74) is 5.22. The molecule has 0 spiro atoms. The molecule has 1 aromatic carbocycles. The lowest BCUT2D eigenvalue weighted by molar-refractivity contribution is 0.255. The van der Waals surface area contributed by atoms with E-state index in [1.54, 1.807) is 6.20 Å². The predicted octanol–water partition coefficient (Wildman–Crippen LogP) is 2.55. The number of nitrogens with one attached hydrogen (secondary N) is 2. The first-order valence-electron chi connectivity index (χ1n) is 13.3. The average molecular weight is 576 g/mol. The number of hydrogen-bond donors (Lipinski definition) is 2. The van der Waals surface area contributed by atoms with Gasteiger partial charge in [-0.25, -0.2) is 27.2 Å². The molecule has 2 fully saturated rings. The molecule has 2 N–H and O–H groups in total. The van der Waals surface area contributed by atoms with Gasteiger partial charge >= 0.3 is 0 Å². The van der Waals surface area contributed by atoms with Crippen LogP contribution < -0.4 is 15.6 Å².